The van der Waals surface area contributed by atoms with E-state index in [2.05, 4.69) is 71.0 Å². The SMILES string of the molecule is CN=C(NCCc1ccccc1)NCc1ccc(OCCCN(C)C)cc1. The number of nitrogens with zero attached hydrogens (tertiary/aromatic N) is 2. The van der Waals surface area contributed by atoms with E-state index in [1.54, 1.807) is 7.05 Å². The average molecular weight is 369 g/mol. The number of hydrogen-bond donors (Lipinski definition) is 2. The first-order chi connectivity index (χ1) is 13.2. The van der Waals surface area contributed by atoms with Gasteiger partial charge in [0.1, 0.15) is 5.75 Å². The summed E-state index contributed by atoms with van der Waals surface area (Å²) in [6.45, 7) is 3.36. The molecule has 5 nitrogen and oxygen atoms in total. The Morgan fingerprint density at radius 2 is 1.70 bits per heavy atom. The third kappa shape index (κ3) is 8.60. The minimum absolute atomic E-state index is 0.728. The normalized spacial score (nSPS) is 11.5. The lowest BCUT2D eigenvalue weighted by molar-refractivity contribution is 0.281. The molecule has 2 N–H and O–H groups in total. The number of benzene rings is 2. The summed E-state index contributed by atoms with van der Waals surface area (Å²) < 4.78 is 5.77. The van der Waals surface area contributed by atoms with Crippen molar-refractivity contribution >= 4 is 5.96 Å². The van der Waals surface area contributed by atoms with Crippen molar-refractivity contribution in [3.8, 4) is 5.75 Å². The number of guanidine groups is 1. The molecular weight excluding hydrogens is 336 g/mol. The number of hydrogen-bond acceptors (Lipinski definition) is 3. The van der Waals surface area contributed by atoms with Crippen LogP contribution in [0, 0.1) is 0 Å². The minimum atomic E-state index is 0.728. The summed E-state index contributed by atoms with van der Waals surface area (Å²) in [5, 5.41) is 6.70. The maximum absolute atomic E-state index is 5.77. The van der Waals surface area contributed by atoms with Crippen LogP contribution in [0.25, 0.3) is 0 Å². The van der Waals surface area contributed by atoms with Gasteiger partial charge in [-0.15, -0.1) is 0 Å². The fraction of sp³-hybridized carbons (Fsp3) is 0.409. The first kappa shape index (κ1) is 20.8. The summed E-state index contributed by atoms with van der Waals surface area (Å²) in [7, 11) is 5.95. The van der Waals surface area contributed by atoms with Crippen LogP contribution in [0.15, 0.2) is 59.6 Å². The van der Waals surface area contributed by atoms with E-state index in [9.17, 15) is 0 Å². The molecule has 0 unspecified atom stereocenters. The quantitative estimate of drug-likeness (QED) is 0.385. The van der Waals surface area contributed by atoms with Gasteiger partial charge in [-0.05, 0) is 50.2 Å². The largest absolute Gasteiger partial charge is 0.494 e. The second-order valence-corrected chi connectivity index (χ2v) is 6.74. The summed E-state index contributed by atoms with van der Waals surface area (Å²) in [6, 6.07) is 18.7. The predicted octanol–water partition coefficient (Wildman–Crippen LogP) is 2.92. The summed E-state index contributed by atoms with van der Waals surface area (Å²) in [6.07, 6.45) is 2.00. The van der Waals surface area contributed by atoms with Crippen LogP contribution in [0.4, 0.5) is 0 Å². The van der Waals surface area contributed by atoms with Crippen LogP contribution in [0.3, 0.4) is 0 Å². The van der Waals surface area contributed by atoms with Crippen LogP contribution in [-0.2, 0) is 13.0 Å². The summed E-state index contributed by atoms with van der Waals surface area (Å²) >= 11 is 0. The molecule has 27 heavy (non-hydrogen) atoms. The molecule has 2 aromatic carbocycles. The van der Waals surface area contributed by atoms with E-state index >= 15 is 0 Å². The number of nitrogens with one attached hydrogen (secondary N) is 2. The first-order valence-electron chi connectivity index (χ1n) is 9.52. The van der Waals surface area contributed by atoms with Crippen molar-refractivity contribution in [2.45, 2.75) is 19.4 Å². The minimum Gasteiger partial charge on any atom is -0.494 e. The van der Waals surface area contributed by atoms with Gasteiger partial charge in [0.05, 0.1) is 6.61 Å². The van der Waals surface area contributed by atoms with Crippen molar-refractivity contribution in [1.82, 2.24) is 15.5 Å². The summed E-state index contributed by atoms with van der Waals surface area (Å²) in [4.78, 5) is 6.45. The molecule has 0 aromatic heterocycles. The number of aliphatic imine (C=N–C) groups is 1. The smallest absolute Gasteiger partial charge is 0.191 e. The van der Waals surface area contributed by atoms with Crippen molar-refractivity contribution in [2.75, 3.05) is 40.8 Å². The molecule has 0 aliphatic heterocycles. The molecule has 0 bridgehead atoms. The van der Waals surface area contributed by atoms with Gasteiger partial charge in [-0.1, -0.05) is 42.5 Å². The molecule has 2 aromatic rings. The molecule has 0 heterocycles. The fourth-order valence-corrected chi connectivity index (χ4v) is 2.65. The molecule has 0 spiro atoms. The van der Waals surface area contributed by atoms with Crippen LogP contribution in [0.1, 0.15) is 17.5 Å². The highest BCUT2D eigenvalue weighted by molar-refractivity contribution is 5.79. The monoisotopic (exact) mass is 368 g/mol. The van der Waals surface area contributed by atoms with E-state index in [1.165, 1.54) is 11.1 Å². The van der Waals surface area contributed by atoms with Crippen LogP contribution in [-0.4, -0.2) is 51.7 Å². The highest BCUT2D eigenvalue weighted by atomic mass is 16.5. The molecule has 5 heteroatoms. The van der Waals surface area contributed by atoms with Crippen LogP contribution < -0.4 is 15.4 Å². The standard InChI is InChI=1S/C22H32N4O/c1-23-22(24-15-14-19-8-5-4-6-9-19)25-18-20-10-12-21(13-11-20)27-17-7-16-26(2)3/h4-6,8-13H,7,14-18H2,1-3H3,(H2,23,24,25). The van der Waals surface area contributed by atoms with Gasteiger partial charge in [-0.25, -0.2) is 0 Å². The van der Waals surface area contributed by atoms with E-state index in [-0.39, 0.29) is 0 Å². The van der Waals surface area contributed by atoms with Gasteiger partial charge in [0.25, 0.3) is 0 Å². The lowest BCUT2D eigenvalue weighted by atomic mass is 10.1. The van der Waals surface area contributed by atoms with Crippen molar-refractivity contribution in [3.05, 3.63) is 65.7 Å². The van der Waals surface area contributed by atoms with Gasteiger partial charge in [0.2, 0.25) is 0 Å². The predicted molar refractivity (Wildman–Crippen MR) is 113 cm³/mol. The van der Waals surface area contributed by atoms with Crippen LogP contribution >= 0.6 is 0 Å². The Morgan fingerprint density at radius 1 is 0.963 bits per heavy atom. The molecule has 0 radical (unpaired) electrons. The van der Waals surface area contributed by atoms with Gasteiger partial charge >= 0.3 is 0 Å². The average Bonchev–Trinajstić information content (AvgIpc) is 2.69. The third-order valence-electron chi connectivity index (χ3n) is 4.17. The Hall–Kier alpha value is -2.53. The van der Waals surface area contributed by atoms with Crippen molar-refractivity contribution in [3.63, 3.8) is 0 Å². The summed E-state index contributed by atoms with van der Waals surface area (Å²) in [5.74, 6) is 1.73. The Balaban J connectivity index is 1.68. The fourth-order valence-electron chi connectivity index (χ4n) is 2.65. The van der Waals surface area contributed by atoms with Crippen LogP contribution in [0.2, 0.25) is 0 Å². The number of rotatable bonds is 10. The van der Waals surface area contributed by atoms with Crippen molar-refractivity contribution in [2.24, 2.45) is 4.99 Å². The molecule has 0 saturated carbocycles. The highest BCUT2D eigenvalue weighted by Gasteiger charge is 2.00. The second kappa shape index (κ2) is 12.0. The Morgan fingerprint density at radius 3 is 2.37 bits per heavy atom. The maximum atomic E-state index is 5.77. The Kier molecular flexibility index (Phi) is 9.21. The molecule has 0 amide bonds. The van der Waals surface area contributed by atoms with Crippen LogP contribution in [0.5, 0.6) is 5.75 Å². The van der Waals surface area contributed by atoms with E-state index < -0.39 is 0 Å². The highest BCUT2D eigenvalue weighted by Crippen LogP contribution is 2.12. The molecule has 146 valence electrons. The molecule has 0 fully saturated rings. The molecular formula is C22H32N4O. The molecule has 0 saturated heterocycles. The first-order valence-corrected chi connectivity index (χ1v) is 9.52. The summed E-state index contributed by atoms with van der Waals surface area (Å²) in [5.41, 5.74) is 2.52. The van der Waals surface area contributed by atoms with Gasteiger partial charge in [-0.3, -0.25) is 4.99 Å². The van der Waals surface area contributed by atoms with Crippen molar-refractivity contribution in [1.29, 1.82) is 0 Å². The molecule has 0 atom stereocenters. The van der Waals surface area contributed by atoms with Gasteiger partial charge < -0.3 is 20.3 Å². The third-order valence-corrected chi connectivity index (χ3v) is 4.17. The van der Waals surface area contributed by atoms with Crippen molar-refractivity contribution < 1.29 is 4.74 Å². The maximum Gasteiger partial charge on any atom is 0.191 e. The number of ether oxygens (including phenoxy) is 1. The van der Waals surface area contributed by atoms with Gasteiger partial charge in [-0.2, -0.15) is 0 Å². The molecule has 2 rings (SSSR count). The van der Waals surface area contributed by atoms with E-state index in [0.29, 0.717) is 0 Å². The van der Waals surface area contributed by atoms with E-state index in [0.717, 1.165) is 50.8 Å². The topological polar surface area (TPSA) is 48.9 Å². The molecule has 0 aliphatic carbocycles. The lowest BCUT2D eigenvalue weighted by Gasteiger charge is -2.13. The van der Waals surface area contributed by atoms with Gasteiger partial charge in [0.15, 0.2) is 5.96 Å². The van der Waals surface area contributed by atoms with E-state index in [4.69, 9.17) is 4.74 Å². The Labute approximate surface area is 163 Å². The zero-order valence-corrected chi connectivity index (χ0v) is 16.7. The zero-order valence-electron chi connectivity index (χ0n) is 16.7. The zero-order chi connectivity index (χ0) is 19.3. The second-order valence-electron chi connectivity index (χ2n) is 6.74. The molecule has 0 aliphatic rings. The van der Waals surface area contributed by atoms with Gasteiger partial charge in [0, 0.05) is 26.7 Å². The van der Waals surface area contributed by atoms with E-state index in [1.807, 2.05) is 18.2 Å². The lowest BCUT2D eigenvalue weighted by Crippen LogP contribution is -2.37. The Bertz CT molecular complexity index is 668.